The average Bonchev–Trinajstić information content (AvgIpc) is 3.41. The van der Waals surface area contributed by atoms with Crippen molar-refractivity contribution in [3.8, 4) is 11.5 Å². The minimum atomic E-state index is -0.418. The molecule has 3 heterocycles. The van der Waals surface area contributed by atoms with Gasteiger partial charge in [-0.1, -0.05) is 6.07 Å². The van der Waals surface area contributed by atoms with Gasteiger partial charge in [0.25, 0.3) is 11.8 Å². The summed E-state index contributed by atoms with van der Waals surface area (Å²) in [5.41, 5.74) is 1.44. The third kappa shape index (κ3) is 3.49. The Kier molecular flexibility index (Phi) is 5.07. The first-order valence-electron chi connectivity index (χ1n) is 9.42. The summed E-state index contributed by atoms with van der Waals surface area (Å²) in [5.74, 6) is 0.659. The van der Waals surface area contributed by atoms with E-state index in [4.69, 9.17) is 9.47 Å². The Hall–Kier alpha value is -3.55. The molecule has 29 heavy (non-hydrogen) atoms. The first-order valence-corrected chi connectivity index (χ1v) is 9.42. The number of hydrogen-bond donors (Lipinski definition) is 1. The predicted octanol–water partition coefficient (Wildman–Crippen LogP) is 2.84. The van der Waals surface area contributed by atoms with E-state index in [1.807, 2.05) is 6.07 Å². The Bertz CT molecular complexity index is 1070. The van der Waals surface area contributed by atoms with Gasteiger partial charge in [-0.2, -0.15) is 0 Å². The lowest BCUT2D eigenvalue weighted by molar-refractivity contribution is 0.0789. The van der Waals surface area contributed by atoms with E-state index in [1.165, 1.54) is 7.11 Å². The molecule has 8 nitrogen and oxygen atoms in total. The van der Waals surface area contributed by atoms with Gasteiger partial charge in [-0.25, -0.2) is 4.98 Å². The second kappa shape index (κ2) is 7.83. The van der Waals surface area contributed by atoms with Crippen molar-refractivity contribution >= 4 is 23.0 Å². The third-order valence-corrected chi connectivity index (χ3v) is 4.99. The summed E-state index contributed by atoms with van der Waals surface area (Å²) in [6.45, 7) is 1.44. The monoisotopic (exact) mass is 394 g/mol. The quantitative estimate of drug-likeness (QED) is 0.719. The minimum absolute atomic E-state index is 0.142. The summed E-state index contributed by atoms with van der Waals surface area (Å²) in [6.07, 6.45) is 3.71. The number of aromatic nitrogens is 2. The van der Waals surface area contributed by atoms with Crippen molar-refractivity contribution in [1.29, 1.82) is 0 Å². The Balaban J connectivity index is 1.67. The number of carbonyl (C=O) groups excluding carboxylic acids is 2. The molecule has 1 fully saturated rings. The summed E-state index contributed by atoms with van der Waals surface area (Å²) >= 11 is 0. The van der Waals surface area contributed by atoms with Crippen LogP contribution in [0.4, 0.5) is 5.69 Å². The first-order chi connectivity index (χ1) is 14.1. The molecule has 4 rings (SSSR count). The number of carbonyl (C=O) groups is 2. The predicted molar refractivity (Wildman–Crippen MR) is 108 cm³/mol. The van der Waals surface area contributed by atoms with Gasteiger partial charge in [0.15, 0.2) is 17.2 Å². The van der Waals surface area contributed by atoms with E-state index in [-0.39, 0.29) is 11.7 Å². The maximum atomic E-state index is 12.9. The fraction of sp³-hybridized carbons (Fsp3) is 0.286. The molecule has 1 aliphatic rings. The highest BCUT2D eigenvalue weighted by Gasteiger charge is 2.26. The normalized spacial score (nSPS) is 13.5. The smallest absolute Gasteiger partial charge is 0.292 e. The summed E-state index contributed by atoms with van der Waals surface area (Å²) in [7, 11) is 3.08. The van der Waals surface area contributed by atoms with Gasteiger partial charge in [-0.3, -0.25) is 14.0 Å². The van der Waals surface area contributed by atoms with E-state index in [2.05, 4.69) is 10.3 Å². The molecule has 150 valence electrons. The van der Waals surface area contributed by atoms with Crippen LogP contribution >= 0.6 is 0 Å². The highest BCUT2D eigenvalue weighted by Crippen LogP contribution is 2.30. The van der Waals surface area contributed by atoms with Crippen LogP contribution in [0, 0.1) is 0 Å². The van der Waals surface area contributed by atoms with E-state index in [9.17, 15) is 9.59 Å². The molecule has 1 aromatic carbocycles. The number of hydrogen-bond acceptors (Lipinski definition) is 5. The number of pyridine rings is 1. The van der Waals surface area contributed by atoms with Crippen LogP contribution in [0.2, 0.25) is 0 Å². The number of nitrogens with zero attached hydrogens (tertiary/aromatic N) is 3. The number of benzene rings is 1. The Morgan fingerprint density at radius 2 is 1.79 bits per heavy atom. The number of ether oxygens (including phenoxy) is 2. The molecule has 0 atom stereocenters. The molecule has 1 saturated heterocycles. The number of anilines is 1. The molecule has 8 heteroatoms. The first kappa shape index (κ1) is 18.8. The summed E-state index contributed by atoms with van der Waals surface area (Å²) in [5, 5.41) is 2.82. The third-order valence-electron chi connectivity index (χ3n) is 4.99. The van der Waals surface area contributed by atoms with Crippen LogP contribution < -0.4 is 14.8 Å². The standard InChI is InChI=1S/C21H22N4O4/c1-28-16-9-8-14(13-17(16)29-2)22-20(26)19-23-18(15-7-3-4-12-25(15)19)21(27)24-10-5-6-11-24/h3-4,7-9,12-13H,5-6,10-11H2,1-2H3,(H,22,26). The van der Waals surface area contributed by atoms with Crippen molar-refractivity contribution < 1.29 is 19.1 Å². The Morgan fingerprint density at radius 3 is 2.52 bits per heavy atom. The van der Waals surface area contributed by atoms with E-state index in [0.717, 1.165) is 25.9 Å². The molecule has 0 aliphatic carbocycles. The number of imidazole rings is 1. The van der Waals surface area contributed by atoms with Gasteiger partial charge in [-0.15, -0.1) is 0 Å². The van der Waals surface area contributed by atoms with Crippen molar-refractivity contribution in [1.82, 2.24) is 14.3 Å². The minimum Gasteiger partial charge on any atom is -0.493 e. The van der Waals surface area contributed by atoms with Crippen LogP contribution in [-0.2, 0) is 0 Å². The zero-order valence-corrected chi connectivity index (χ0v) is 16.3. The zero-order chi connectivity index (χ0) is 20.4. The molecule has 0 radical (unpaired) electrons. The number of rotatable bonds is 5. The Morgan fingerprint density at radius 1 is 1.03 bits per heavy atom. The summed E-state index contributed by atoms with van der Waals surface area (Å²) in [4.78, 5) is 32.0. The lowest BCUT2D eigenvalue weighted by atomic mass is 10.2. The van der Waals surface area contributed by atoms with Crippen molar-refractivity contribution in [3.05, 3.63) is 54.1 Å². The highest BCUT2D eigenvalue weighted by molar-refractivity contribution is 6.06. The second-order valence-corrected chi connectivity index (χ2v) is 6.76. The number of methoxy groups -OCH3 is 2. The van der Waals surface area contributed by atoms with Gasteiger partial charge in [-0.05, 0) is 37.1 Å². The lowest BCUT2D eigenvalue weighted by Crippen LogP contribution is -2.28. The van der Waals surface area contributed by atoms with Gasteiger partial charge >= 0.3 is 0 Å². The fourth-order valence-corrected chi connectivity index (χ4v) is 3.53. The molecule has 2 aromatic heterocycles. The van der Waals surface area contributed by atoms with Crippen LogP contribution in [-0.4, -0.2) is 53.4 Å². The molecule has 1 N–H and O–H groups in total. The van der Waals surface area contributed by atoms with Crippen molar-refractivity contribution in [2.75, 3.05) is 32.6 Å². The second-order valence-electron chi connectivity index (χ2n) is 6.76. The fourth-order valence-electron chi connectivity index (χ4n) is 3.53. The van der Waals surface area contributed by atoms with Crippen LogP contribution in [0.3, 0.4) is 0 Å². The molecular formula is C21H22N4O4. The van der Waals surface area contributed by atoms with Crippen molar-refractivity contribution in [2.45, 2.75) is 12.8 Å². The van der Waals surface area contributed by atoms with Gasteiger partial charge in [0, 0.05) is 31.0 Å². The lowest BCUT2D eigenvalue weighted by Gasteiger charge is -2.13. The molecule has 1 aliphatic heterocycles. The molecule has 3 aromatic rings. The van der Waals surface area contributed by atoms with Crippen LogP contribution in [0.25, 0.3) is 5.52 Å². The summed E-state index contributed by atoms with van der Waals surface area (Å²) in [6, 6.07) is 10.5. The maximum Gasteiger partial charge on any atom is 0.292 e. The van der Waals surface area contributed by atoms with Crippen molar-refractivity contribution in [3.63, 3.8) is 0 Å². The Labute approximate surface area is 168 Å². The molecule has 2 amide bonds. The number of likely N-dealkylation sites (tertiary alicyclic amines) is 1. The van der Waals surface area contributed by atoms with Gasteiger partial charge in [0.05, 0.1) is 19.7 Å². The van der Waals surface area contributed by atoms with Gasteiger partial charge in [0.1, 0.15) is 0 Å². The topological polar surface area (TPSA) is 85.2 Å². The van der Waals surface area contributed by atoms with E-state index >= 15 is 0 Å². The molecule has 0 saturated carbocycles. The maximum absolute atomic E-state index is 12.9. The molecule has 0 bridgehead atoms. The van der Waals surface area contributed by atoms with E-state index < -0.39 is 5.91 Å². The highest BCUT2D eigenvalue weighted by atomic mass is 16.5. The zero-order valence-electron chi connectivity index (χ0n) is 16.3. The van der Waals surface area contributed by atoms with Crippen molar-refractivity contribution in [2.24, 2.45) is 0 Å². The number of amides is 2. The van der Waals surface area contributed by atoms with Crippen LogP contribution in [0.15, 0.2) is 42.6 Å². The SMILES string of the molecule is COc1ccc(NC(=O)c2nc(C(=O)N3CCCC3)c3ccccn23)cc1OC. The number of fused-ring (bicyclic) bond motifs is 1. The summed E-state index contributed by atoms with van der Waals surface area (Å²) < 4.78 is 12.1. The largest absolute Gasteiger partial charge is 0.493 e. The van der Waals surface area contributed by atoms with Gasteiger partial charge in [0.2, 0.25) is 5.82 Å². The van der Waals surface area contributed by atoms with E-state index in [0.29, 0.717) is 28.4 Å². The van der Waals surface area contributed by atoms with Crippen LogP contribution in [0.5, 0.6) is 11.5 Å². The molecule has 0 unspecified atom stereocenters. The molecular weight excluding hydrogens is 372 g/mol. The average molecular weight is 394 g/mol. The van der Waals surface area contributed by atoms with E-state index in [1.54, 1.807) is 52.9 Å². The van der Waals surface area contributed by atoms with Crippen LogP contribution in [0.1, 0.15) is 33.9 Å². The van der Waals surface area contributed by atoms with Gasteiger partial charge < -0.3 is 19.7 Å². The number of nitrogens with one attached hydrogen (secondary N) is 1. The molecule has 0 spiro atoms.